The predicted molar refractivity (Wildman–Crippen MR) is 80.3 cm³/mol. The molecule has 1 saturated carbocycles. The number of aromatic nitrogens is 1. The van der Waals surface area contributed by atoms with Crippen LogP contribution in [-0.2, 0) is 9.53 Å². The van der Waals surface area contributed by atoms with Crippen LogP contribution in [0.25, 0.3) is 0 Å². The molecule has 1 amide bonds. The summed E-state index contributed by atoms with van der Waals surface area (Å²) < 4.78 is 25.1. The lowest BCUT2D eigenvalue weighted by molar-refractivity contribution is -0.168. The number of likely N-dealkylation sites (tertiary alicyclic amines) is 1. The van der Waals surface area contributed by atoms with E-state index in [1.807, 2.05) is 4.90 Å². The molecule has 2 saturated heterocycles. The molecule has 6 heteroatoms. The van der Waals surface area contributed by atoms with Crippen molar-refractivity contribution >= 4 is 5.91 Å². The molecule has 3 fully saturated rings. The average Bonchev–Trinajstić information content (AvgIpc) is 3.08. The molecule has 1 aromatic heterocycles. The molecule has 0 unspecified atom stereocenters. The van der Waals surface area contributed by atoms with Gasteiger partial charge < -0.3 is 14.4 Å². The number of nitrogens with zero attached hydrogens (tertiary/aromatic N) is 2. The van der Waals surface area contributed by atoms with Crippen molar-refractivity contribution in [2.75, 3.05) is 26.3 Å². The standard InChI is InChI=1S/C17H21FN2O3/c1-11-7-13(11)16(21)20-9-17(10-20)12(4-6-23-17)8-22-15-14(18)3-2-5-19-15/h2-3,5,11-13H,4,6-10H2,1H3/t11-,12-,13+/m1/s1. The molecular formula is C17H21FN2O3. The first kappa shape index (κ1) is 14.9. The maximum Gasteiger partial charge on any atom is 0.250 e. The summed E-state index contributed by atoms with van der Waals surface area (Å²) in [7, 11) is 0. The van der Waals surface area contributed by atoms with Gasteiger partial charge >= 0.3 is 0 Å². The maximum absolute atomic E-state index is 13.6. The van der Waals surface area contributed by atoms with Gasteiger partial charge in [0.2, 0.25) is 11.8 Å². The fourth-order valence-electron chi connectivity index (χ4n) is 3.68. The predicted octanol–water partition coefficient (Wildman–Crippen LogP) is 1.87. The molecule has 2 aliphatic heterocycles. The van der Waals surface area contributed by atoms with Crippen molar-refractivity contribution in [3.8, 4) is 5.88 Å². The van der Waals surface area contributed by atoms with Gasteiger partial charge in [-0.1, -0.05) is 6.92 Å². The second-order valence-corrected chi connectivity index (χ2v) is 7.01. The van der Waals surface area contributed by atoms with Crippen molar-refractivity contribution in [3.63, 3.8) is 0 Å². The molecule has 3 heterocycles. The third-order valence-electron chi connectivity index (χ3n) is 5.40. The van der Waals surface area contributed by atoms with Crippen LogP contribution in [0, 0.1) is 23.6 Å². The lowest BCUT2D eigenvalue weighted by atomic mass is 9.81. The van der Waals surface area contributed by atoms with Crippen molar-refractivity contribution in [2.45, 2.75) is 25.4 Å². The topological polar surface area (TPSA) is 51.7 Å². The first-order chi connectivity index (χ1) is 11.1. The molecule has 0 bridgehead atoms. The summed E-state index contributed by atoms with van der Waals surface area (Å²) in [5.41, 5.74) is -0.307. The summed E-state index contributed by atoms with van der Waals surface area (Å²) in [4.78, 5) is 18.1. The Bertz CT molecular complexity index is 618. The molecule has 3 atom stereocenters. The summed E-state index contributed by atoms with van der Waals surface area (Å²) in [6, 6.07) is 2.88. The van der Waals surface area contributed by atoms with Crippen LogP contribution in [0.3, 0.4) is 0 Å². The summed E-state index contributed by atoms with van der Waals surface area (Å²) in [5, 5.41) is 0. The van der Waals surface area contributed by atoms with Crippen molar-refractivity contribution in [1.29, 1.82) is 0 Å². The van der Waals surface area contributed by atoms with Crippen LogP contribution in [-0.4, -0.2) is 47.7 Å². The molecule has 1 aromatic rings. The highest BCUT2D eigenvalue weighted by Crippen LogP contribution is 2.45. The first-order valence-corrected chi connectivity index (χ1v) is 8.25. The van der Waals surface area contributed by atoms with Crippen molar-refractivity contribution in [2.24, 2.45) is 17.8 Å². The van der Waals surface area contributed by atoms with Crippen molar-refractivity contribution in [1.82, 2.24) is 9.88 Å². The van der Waals surface area contributed by atoms with E-state index in [0.717, 1.165) is 12.8 Å². The van der Waals surface area contributed by atoms with Gasteiger partial charge in [-0.25, -0.2) is 9.37 Å². The largest absolute Gasteiger partial charge is 0.475 e. The molecule has 1 aliphatic carbocycles. The molecule has 124 valence electrons. The van der Waals surface area contributed by atoms with Gasteiger partial charge in [-0.15, -0.1) is 0 Å². The molecule has 0 radical (unpaired) electrons. The van der Waals surface area contributed by atoms with Gasteiger partial charge in [0.15, 0.2) is 5.82 Å². The second-order valence-electron chi connectivity index (χ2n) is 7.01. The summed E-state index contributed by atoms with van der Waals surface area (Å²) in [5.74, 6) is 0.752. The smallest absolute Gasteiger partial charge is 0.250 e. The average molecular weight is 320 g/mol. The van der Waals surface area contributed by atoms with Crippen LogP contribution in [0.2, 0.25) is 0 Å². The monoisotopic (exact) mass is 320 g/mol. The minimum absolute atomic E-state index is 0.0358. The summed E-state index contributed by atoms with van der Waals surface area (Å²) >= 11 is 0. The van der Waals surface area contributed by atoms with Gasteiger partial charge in [0.1, 0.15) is 5.60 Å². The van der Waals surface area contributed by atoms with Gasteiger partial charge in [0.25, 0.3) is 0 Å². The summed E-state index contributed by atoms with van der Waals surface area (Å²) in [6.07, 6.45) is 3.39. The van der Waals surface area contributed by atoms with Gasteiger partial charge in [0.05, 0.1) is 19.7 Å². The molecule has 0 aromatic carbocycles. The Balaban J connectivity index is 1.35. The maximum atomic E-state index is 13.6. The van der Waals surface area contributed by atoms with E-state index in [2.05, 4.69) is 11.9 Å². The van der Waals surface area contributed by atoms with Crippen molar-refractivity contribution < 1.29 is 18.7 Å². The quantitative estimate of drug-likeness (QED) is 0.850. The number of halogens is 1. The van der Waals surface area contributed by atoms with E-state index in [1.54, 1.807) is 0 Å². The Morgan fingerprint density at radius 1 is 1.57 bits per heavy atom. The summed E-state index contributed by atoms with van der Waals surface area (Å²) in [6.45, 7) is 4.42. The van der Waals surface area contributed by atoms with Crippen LogP contribution in [0.15, 0.2) is 18.3 Å². The molecule has 23 heavy (non-hydrogen) atoms. The number of carbonyl (C=O) groups excluding carboxylic acids is 1. The van der Waals surface area contributed by atoms with E-state index in [-0.39, 0.29) is 29.2 Å². The fourth-order valence-corrected chi connectivity index (χ4v) is 3.68. The molecular weight excluding hydrogens is 299 g/mol. The van der Waals surface area contributed by atoms with E-state index >= 15 is 0 Å². The Morgan fingerprint density at radius 3 is 3.04 bits per heavy atom. The van der Waals surface area contributed by atoms with E-state index < -0.39 is 5.82 Å². The van der Waals surface area contributed by atoms with Crippen LogP contribution >= 0.6 is 0 Å². The Kier molecular flexibility index (Phi) is 3.52. The third-order valence-corrected chi connectivity index (χ3v) is 5.40. The molecule has 4 rings (SSSR count). The number of rotatable bonds is 4. The highest BCUT2D eigenvalue weighted by molar-refractivity contribution is 5.82. The number of carbonyl (C=O) groups is 1. The lowest BCUT2D eigenvalue weighted by Gasteiger charge is -2.50. The van der Waals surface area contributed by atoms with Crippen molar-refractivity contribution in [3.05, 3.63) is 24.1 Å². The van der Waals surface area contributed by atoms with Gasteiger partial charge in [-0.2, -0.15) is 0 Å². The molecule has 0 N–H and O–H groups in total. The minimum Gasteiger partial charge on any atom is -0.475 e. The van der Waals surface area contributed by atoms with Crippen LogP contribution in [0.5, 0.6) is 5.88 Å². The van der Waals surface area contributed by atoms with E-state index in [9.17, 15) is 9.18 Å². The molecule has 3 aliphatic rings. The lowest BCUT2D eigenvalue weighted by Crippen LogP contribution is -2.67. The van der Waals surface area contributed by atoms with Gasteiger partial charge in [0, 0.05) is 24.6 Å². The van der Waals surface area contributed by atoms with Crippen LogP contribution < -0.4 is 4.74 Å². The number of hydrogen-bond donors (Lipinski definition) is 0. The Morgan fingerprint density at radius 2 is 2.35 bits per heavy atom. The molecule has 1 spiro atoms. The third kappa shape index (κ3) is 2.59. The normalized spacial score (nSPS) is 31.0. The van der Waals surface area contributed by atoms with Gasteiger partial charge in [-0.3, -0.25) is 4.79 Å². The fraction of sp³-hybridized carbons (Fsp3) is 0.647. The van der Waals surface area contributed by atoms with Crippen LogP contribution in [0.1, 0.15) is 19.8 Å². The number of hydrogen-bond acceptors (Lipinski definition) is 4. The zero-order valence-corrected chi connectivity index (χ0v) is 13.2. The van der Waals surface area contributed by atoms with E-state index in [0.29, 0.717) is 32.2 Å². The minimum atomic E-state index is -0.450. The number of amides is 1. The SMILES string of the molecule is C[C@@H]1C[C@@H]1C(=O)N1CC2(C1)OCC[C@@H]2COc1ncccc1F. The zero-order chi connectivity index (χ0) is 16.0. The Hall–Kier alpha value is -1.69. The second kappa shape index (κ2) is 5.44. The Labute approximate surface area is 134 Å². The molecule has 5 nitrogen and oxygen atoms in total. The van der Waals surface area contributed by atoms with E-state index in [4.69, 9.17) is 9.47 Å². The van der Waals surface area contributed by atoms with Crippen LogP contribution in [0.4, 0.5) is 4.39 Å². The zero-order valence-electron chi connectivity index (χ0n) is 13.2. The first-order valence-electron chi connectivity index (χ1n) is 8.25. The van der Waals surface area contributed by atoms with E-state index in [1.165, 1.54) is 18.3 Å². The highest BCUT2D eigenvalue weighted by atomic mass is 19.1. The number of ether oxygens (including phenoxy) is 2. The number of pyridine rings is 1. The highest BCUT2D eigenvalue weighted by Gasteiger charge is 2.57. The van der Waals surface area contributed by atoms with Gasteiger partial charge in [-0.05, 0) is 30.9 Å².